The monoisotopic (exact) mass is 437 g/mol. The Morgan fingerprint density at radius 3 is 1.47 bits per heavy atom. The maximum absolute atomic E-state index is 11.6. The van der Waals surface area contributed by atoms with Gasteiger partial charge in [0.05, 0.1) is 72.7 Å². The molecular weight excluding hydrogens is 394 g/mol. The fourth-order valence-electron chi connectivity index (χ4n) is 2.07. The van der Waals surface area contributed by atoms with Gasteiger partial charge in [0.1, 0.15) is 6.61 Å². The van der Waals surface area contributed by atoms with E-state index < -0.39 is 0 Å². The van der Waals surface area contributed by atoms with E-state index >= 15 is 0 Å². The van der Waals surface area contributed by atoms with Crippen molar-refractivity contribution in [2.24, 2.45) is 0 Å². The number of rotatable bonds is 25. The number of hydrogen-bond acceptors (Lipinski definition) is 8. The van der Waals surface area contributed by atoms with Gasteiger partial charge in [0, 0.05) is 19.8 Å². The lowest BCUT2D eigenvalue weighted by molar-refractivity contribution is -0.126. The highest BCUT2D eigenvalue weighted by molar-refractivity contribution is 5.77. The fourth-order valence-corrected chi connectivity index (χ4v) is 2.07. The van der Waals surface area contributed by atoms with Crippen LogP contribution in [0.25, 0.3) is 0 Å². The van der Waals surface area contributed by atoms with E-state index in [0.717, 1.165) is 32.5 Å². The molecule has 0 aromatic carbocycles. The van der Waals surface area contributed by atoms with Crippen LogP contribution in [0.2, 0.25) is 0 Å². The first-order valence-corrected chi connectivity index (χ1v) is 11.1. The molecule has 0 aliphatic heterocycles. The number of ether oxygens (including phenoxy) is 7. The highest BCUT2D eigenvalue weighted by Gasteiger charge is 2.00. The van der Waals surface area contributed by atoms with Gasteiger partial charge in [-0.3, -0.25) is 4.79 Å². The van der Waals surface area contributed by atoms with E-state index in [2.05, 4.69) is 19.2 Å². The third kappa shape index (κ3) is 25.2. The lowest BCUT2D eigenvalue weighted by Gasteiger charge is -2.08. The van der Waals surface area contributed by atoms with E-state index in [4.69, 9.17) is 33.2 Å². The number of hydrogen-bond donors (Lipinski definition) is 1. The van der Waals surface area contributed by atoms with Gasteiger partial charge in [-0.1, -0.05) is 20.3 Å². The normalized spacial score (nSPS) is 11.1. The van der Waals surface area contributed by atoms with Crippen molar-refractivity contribution in [3.63, 3.8) is 0 Å². The summed E-state index contributed by atoms with van der Waals surface area (Å²) < 4.78 is 37.4. The predicted octanol–water partition coefficient (Wildman–Crippen LogP) is 1.43. The Balaban J connectivity index is 3.12. The van der Waals surface area contributed by atoms with Crippen LogP contribution in [-0.2, 0) is 38.0 Å². The molecule has 0 bridgehead atoms. The van der Waals surface area contributed by atoms with Crippen LogP contribution in [0.5, 0.6) is 0 Å². The molecule has 0 spiro atoms. The smallest absolute Gasteiger partial charge is 0.246 e. The Hall–Kier alpha value is -0.810. The van der Waals surface area contributed by atoms with Gasteiger partial charge in [-0.2, -0.15) is 0 Å². The lowest BCUT2D eigenvalue weighted by atomic mass is 10.4. The summed E-state index contributed by atoms with van der Waals surface area (Å²) in [5.41, 5.74) is 0. The van der Waals surface area contributed by atoms with Crippen LogP contribution in [-0.4, -0.2) is 105 Å². The molecule has 0 aromatic rings. The van der Waals surface area contributed by atoms with Crippen molar-refractivity contribution in [3.8, 4) is 0 Å². The van der Waals surface area contributed by atoms with Crippen molar-refractivity contribution in [3.05, 3.63) is 0 Å². The topological polar surface area (TPSA) is 93.7 Å². The number of amides is 1. The summed E-state index contributed by atoms with van der Waals surface area (Å²) >= 11 is 0. The largest absolute Gasteiger partial charge is 0.379 e. The third-order valence-electron chi connectivity index (χ3n) is 3.65. The van der Waals surface area contributed by atoms with Crippen LogP contribution in [0.1, 0.15) is 33.1 Å². The summed E-state index contributed by atoms with van der Waals surface area (Å²) in [4.78, 5) is 11.6. The van der Waals surface area contributed by atoms with Crippen LogP contribution in [0.3, 0.4) is 0 Å². The predicted molar refractivity (Wildman–Crippen MR) is 114 cm³/mol. The molecule has 0 heterocycles. The second kappa shape index (κ2) is 26.2. The first kappa shape index (κ1) is 29.2. The first-order chi connectivity index (χ1) is 14.8. The quantitative estimate of drug-likeness (QED) is 0.214. The van der Waals surface area contributed by atoms with Gasteiger partial charge in [-0.25, -0.2) is 0 Å². The molecule has 0 unspecified atom stereocenters. The lowest BCUT2D eigenvalue weighted by Crippen LogP contribution is -2.31. The number of carbonyl (C=O) groups excluding carboxylic acids is 1. The average molecular weight is 438 g/mol. The zero-order chi connectivity index (χ0) is 22.0. The van der Waals surface area contributed by atoms with Gasteiger partial charge >= 0.3 is 0 Å². The van der Waals surface area contributed by atoms with E-state index in [-0.39, 0.29) is 12.5 Å². The summed E-state index contributed by atoms with van der Waals surface area (Å²) in [7, 11) is 0. The fraction of sp³-hybridized carbons (Fsp3) is 0.952. The Kier molecular flexibility index (Phi) is 25.5. The van der Waals surface area contributed by atoms with E-state index in [0.29, 0.717) is 79.2 Å². The second-order valence-corrected chi connectivity index (χ2v) is 6.43. The molecule has 1 N–H and O–H groups in total. The maximum Gasteiger partial charge on any atom is 0.246 e. The van der Waals surface area contributed by atoms with Gasteiger partial charge in [0.25, 0.3) is 0 Å². The molecule has 0 saturated heterocycles. The van der Waals surface area contributed by atoms with Crippen LogP contribution in [0.15, 0.2) is 0 Å². The van der Waals surface area contributed by atoms with E-state index in [1.807, 2.05) is 0 Å². The van der Waals surface area contributed by atoms with E-state index in [1.54, 1.807) is 0 Å². The minimum atomic E-state index is -0.166. The van der Waals surface area contributed by atoms with Gasteiger partial charge in [-0.05, 0) is 12.8 Å². The molecule has 0 aliphatic rings. The Morgan fingerprint density at radius 1 is 0.533 bits per heavy atom. The summed E-state index contributed by atoms with van der Waals surface area (Å²) in [6.07, 6.45) is 3.22. The highest BCUT2D eigenvalue weighted by Crippen LogP contribution is 1.88. The molecule has 9 heteroatoms. The highest BCUT2D eigenvalue weighted by atomic mass is 16.6. The van der Waals surface area contributed by atoms with E-state index in [9.17, 15) is 4.79 Å². The van der Waals surface area contributed by atoms with Gasteiger partial charge in [0.2, 0.25) is 5.91 Å². The Bertz CT molecular complexity index is 347. The van der Waals surface area contributed by atoms with Gasteiger partial charge in [0.15, 0.2) is 0 Å². The average Bonchev–Trinajstić information content (AvgIpc) is 2.75. The van der Waals surface area contributed by atoms with E-state index in [1.165, 1.54) is 0 Å². The van der Waals surface area contributed by atoms with Crippen LogP contribution in [0, 0.1) is 0 Å². The SMILES string of the molecule is CCCCOCCOCCNC(=O)COCCOCCOCCOCCOCCC. The summed E-state index contributed by atoms with van der Waals surface area (Å²) in [6, 6.07) is 0. The molecule has 30 heavy (non-hydrogen) atoms. The first-order valence-electron chi connectivity index (χ1n) is 11.1. The zero-order valence-electron chi connectivity index (χ0n) is 19.0. The molecule has 0 fully saturated rings. The third-order valence-corrected chi connectivity index (χ3v) is 3.65. The molecule has 0 saturated carbocycles. The Morgan fingerprint density at radius 2 is 0.967 bits per heavy atom. The molecule has 0 atom stereocenters. The van der Waals surface area contributed by atoms with Crippen molar-refractivity contribution in [2.45, 2.75) is 33.1 Å². The molecule has 0 rings (SSSR count). The van der Waals surface area contributed by atoms with Gasteiger partial charge < -0.3 is 38.5 Å². The van der Waals surface area contributed by atoms with Crippen molar-refractivity contribution >= 4 is 5.91 Å². The van der Waals surface area contributed by atoms with Crippen molar-refractivity contribution < 1.29 is 38.0 Å². The van der Waals surface area contributed by atoms with Crippen LogP contribution >= 0.6 is 0 Å². The number of unbranched alkanes of at least 4 members (excludes halogenated alkanes) is 1. The molecule has 0 radical (unpaired) electrons. The minimum absolute atomic E-state index is 0.0132. The number of carbonyl (C=O) groups is 1. The van der Waals surface area contributed by atoms with Crippen molar-refractivity contribution in [1.29, 1.82) is 0 Å². The maximum atomic E-state index is 11.6. The Labute approximate surface area is 182 Å². The zero-order valence-corrected chi connectivity index (χ0v) is 19.0. The molecule has 180 valence electrons. The standard InChI is InChI=1S/C21H43NO8/c1-3-5-8-25-11-12-26-9-6-22-21(23)20-30-19-18-29-17-16-28-15-14-27-13-10-24-7-4-2/h3-20H2,1-2H3,(H,22,23). The summed E-state index contributed by atoms with van der Waals surface area (Å²) in [5, 5.41) is 2.73. The van der Waals surface area contributed by atoms with Crippen LogP contribution in [0.4, 0.5) is 0 Å². The second-order valence-electron chi connectivity index (χ2n) is 6.43. The minimum Gasteiger partial charge on any atom is -0.379 e. The number of nitrogens with one attached hydrogen (secondary N) is 1. The molecular formula is C21H43NO8. The van der Waals surface area contributed by atoms with Crippen LogP contribution < -0.4 is 5.32 Å². The molecule has 0 aliphatic carbocycles. The van der Waals surface area contributed by atoms with Crippen molar-refractivity contribution in [2.75, 3.05) is 99.0 Å². The summed E-state index contributed by atoms with van der Waals surface area (Å²) in [6.45, 7) is 11.9. The molecule has 1 amide bonds. The molecule has 0 aromatic heterocycles. The summed E-state index contributed by atoms with van der Waals surface area (Å²) in [5.74, 6) is -0.166. The van der Waals surface area contributed by atoms with Gasteiger partial charge in [-0.15, -0.1) is 0 Å². The van der Waals surface area contributed by atoms with Crippen molar-refractivity contribution in [1.82, 2.24) is 5.32 Å². The molecule has 9 nitrogen and oxygen atoms in total.